The van der Waals surface area contributed by atoms with Crippen molar-refractivity contribution < 1.29 is 32.2 Å². The summed E-state index contributed by atoms with van der Waals surface area (Å²) >= 11 is 6.16. The molecule has 3 rings (SSSR count). The zero-order chi connectivity index (χ0) is 26.3. The number of hydrogen-bond acceptors (Lipinski definition) is 7. The first kappa shape index (κ1) is 27.0. The fraction of sp³-hybridized carbons (Fsp3) is 0.240. The summed E-state index contributed by atoms with van der Waals surface area (Å²) in [6, 6.07) is 15.8. The number of amides is 1. The van der Waals surface area contributed by atoms with Crippen molar-refractivity contribution in [2.24, 2.45) is 0 Å². The molecule has 192 valence electrons. The molecular formula is C25H27ClN2O7S. The number of carbonyl (C=O) groups excluding carboxylic acids is 1. The Bertz CT molecular complexity index is 1320. The zero-order valence-electron chi connectivity index (χ0n) is 20.3. The third-order valence-corrected chi connectivity index (χ3v) is 7.30. The van der Waals surface area contributed by atoms with Gasteiger partial charge in [-0.15, -0.1) is 0 Å². The van der Waals surface area contributed by atoms with Crippen molar-refractivity contribution in [3.05, 3.63) is 71.2 Å². The van der Waals surface area contributed by atoms with E-state index < -0.39 is 22.5 Å². The molecule has 0 saturated carbocycles. The van der Waals surface area contributed by atoms with Crippen molar-refractivity contribution >= 4 is 33.2 Å². The monoisotopic (exact) mass is 534 g/mol. The summed E-state index contributed by atoms with van der Waals surface area (Å²) in [6.45, 7) is -0.474. The first-order chi connectivity index (χ1) is 17.3. The van der Waals surface area contributed by atoms with E-state index in [1.807, 2.05) is 0 Å². The second-order valence-electron chi connectivity index (χ2n) is 7.41. The Morgan fingerprint density at radius 2 is 1.50 bits per heavy atom. The summed E-state index contributed by atoms with van der Waals surface area (Å²) in [7, 11) is 1.72. The standard InChI is InChI=1S/C25H27ClN2O7S/c1-32-21-13-11-18(26)14-20(21)28(36(30,31)19-8-6-5-7-9-19)16-23(29)27-15-17-10-12-22(33-2)25(35-4)24(17)34-3/h5-14H,15-16H2,1-4H3,(H,27,29). The van der Waals surface area contributed by atoms with Crippen molar-refractivity contribution in [3.63, 3.8) is 0 Å². The molecule has 1 amide bonds. The van der Waals surface area contributed by atoms with Crippen LogP contribution in [0.3, 0.4) is 0 Å². The molecule has 36 heavy (non-hydrogen) atoms. The van der Waals surface area contributed by atoms with Gasteiger partial charge in [-0.05, 0) is 42.5 Å². The number of nitrogens with one attached hydrogen (secondary N) is 1. The number of hydrogen-bond donors (Lipinski definition) is 1. The molecule has 0 aliphatic heterocycles. The van der Waals surface area contributed by atoms with Crippen LogP contribution in [-0.4, -0.2) is 49.3 Å². The first-order valence-corrected chi connectivity index (χ1v) is 12.5. The molecule has 1 N–H and O–H groups in total. The molecule has 3 aromatic carbocycles. The topological polar surface area (TPSA) is 103 Å². The highest BCUT2D eigenvalue weighted by Crippen LogP contribution is 2.40. The van der Waals surface area contributed by atoms with Gasteiger partial charge in [0.25, 0.3) is 10.0 Å². The molecule has 0 atom stereocenters. The molecule has 0 aliphatic rings. The number of nitrogens with zero attached hydrogens (tertiary/aromatic N) is 1. The Morgan fingerprint density at radius 1 is 0.861 bits per heavy atom. The highest BCUT2D eigenvalue weighted by molar-refractivity contribution is 7.92. The van der Waals surface area contributed by atoms with Crippen LogP contribution in [-0.2, 0) is 21.4 Å². The Balaban J connectivity index is 1.93. The van der Waals surface area contributed by atoms with Crippen LogP contribution in [0, 0.1) is 0 Å². The second-order valence-corrected chi connectivity index (χ2v) is 9.71. The lowest BCUT2D eigenvalue weighted by Gasteiger charge is -2.26. The minimum Gasteiger partial charge on any atom is -0.495 e. The lowest BCUT2D eigenvalue weighted by molar-refractivity contribution is -0.119. The van der Waals surface area contributed by atoms with Crippen LogP contribution in [0.5, 0.6) is 23.0 Å². The van der Waals surface area contributed by atoms with Gasteiger partial charge in [0.1, 0.15) is 12.3 Å². The Kier molecular flexibility index (Phi) is 8.89. The number of carbonyl (C=O) groups is 1. The van der Waals surface area contributed by atoms with Crippen molar-refractivity contribution in [1.82, 2.24) is 5.32 Å². The van der Waals surface area contributed by atoms with Gasteiger partial charge in [0.15, 0.2) is 11.5 Å². The van der Waals surface area contributed by atoms with Crippen molar-refractivity contribution in [2.45, 2.75) is 11.4 Å². The minimum atomic E-state index is -4.14. The smallest absolute Gasteiger partial charge is 0.264 e. The Hall–Kier alpha value is -3.63. The molecule has 0 heterocycles. The molecule has 0 aliphatic carbocycles. The van der Waals surface area contributed by atoms with Gasteiger partial charge in [-0.3, -0.25) is 9.10 Å². The molecule has 11 heteroatoms. The Morgan fingerprint density at radius 3 is 2.11 bits per heavy atom. The van der Waals surface area contributed by atoms with Crippen LogP contribution in [0.4, 0.5) is 5.69 Å². The lowest BCUT2D eigenvalue weighted by atomic mass is 10.1. The summed E-state index contributed by atoms with van der Waals surface area (Å²) in [5.41, 5.74) is 0.744. The van der Waals surface area contributed by atoms with Gasteiger partial charge >= 0.3 is 0 Å². The predicted octanol–water partition coefficient (Wildman–Crippen LogP) is 3.89. The summed E-state index contributed by atoms with van der Waals surface area (Å²) in [4.78, 5) is 13.1. The SMILES string of the molecule is COc1ccc(Cl)cc1N(CC(=O)NCc1ccc(OC)c(OC)c1OC)S(=O)(=O)c1ccccc1. The van der Waals surface area contributed by atoms with Gasteiger partial charge in [-0.1, -0.05) is 29.8 Å². The second kappa shape index (κ2) is 11.9. The van der Waals surface area contributed by atoms with Crippen molar-refractivity contribution in [2.75, 3.05) is 39.3 Å². The molecule has 0 saturated heterocycles. The van der Waals surface area contributed by atoms with E-state index >= 15 is 0 Å². The van der Waals surface area contributed by atoms with Gasteiger partial charge in [-0.25, -0.2) is 8.42 Å². The highest BCUT2D eigenvalue weighted by atomic mass is 35.5. The fourth-order valence-corrected chi connectivity index (χ4v) is 5.17. The number of sulfonamides is 1. The third-order valence-electron chi connectivity index (χ3n) is 5.29. The molecule has 0 radical (unpaired) electrons. The number of halogens is 1. The maximum atomic E-state index is 13.6. The molecule has 0 fully saturated rings. The summed E-state index contributed by atoms with van der Waals surface area (Å²) in [6.07, 6.45) is 0. The predicted molar refractivity (Wildman–Crippen MR) is 137 cm³/mol. The molecule has 0 aromatic heterocycles. The number of methoxy groups -OCH3 is 4. The fourth-order valence-electron chi connectivity index (χ4n) is 3.56. The van der Waals surface area contributed by atoms with E-state index in [1.54, 1.807) is 36.4 Å². The maximum Gasteiger partial charge on any atom is 0.264 e. The van der Waals surface area contributed by atoms with Gasteiger partial charge in [0, 0.05) is 17.1 Å². The van der Waals surface area contributed by atoms with Crippen LogP contribution in [0.1, 0.15) is 5.56 Å². The summed E-state index contributed by atoms with van der Waals surface area (Å²) < 4.78 is 49.6. The Labute approximate surface area is 215 Å². The lowest BCUT2D eigenvalue weighted by Crippen LogP contribution is -2.41. The third kappa shape index (κ3) is 5.77. The van der Waals surface area contributed by atoms with Crippen molar-refractivity contribution in [3.8, 4) is 23.0 Å². The van der Waals surface area contributed by atoms with Crippen LogP contribution < -0.4 is 28.6 Å². The number of anilines is 1. The van der Waals surface area contributed by atoms with Crippen LogP contribution in [0.25, 0.3) is 0 Å². The number of ether oxygens (including phenoxy) is 4. The van der Waals surface area contributed by atoms with Crippen molar-refractivity contribution in [1.29, 1.82) is 0 Å². The summed E-state index contributed by atoms with van der Waals surface area (Å²) in [5.74, 6) is 0.922. The van der Waals surface area contributed by atoms with E-state index in [9.17, 15) is 13.2 Å². The van der Waals surface area contributed by atoms with E-state index in [0.29, 0.717) is 22.8 Å². The van der Waals surface area contributed by atoms with E-state index in [4.69, 9.17) is 30.5 Å². The minimum absolute atomic E-state index is 0.0152. The van der Waals surface area contributed by atoms with Crippen LogP contribution in [0.2, 0.25) is 5.02 Å². The first-order valence-electron chi connectivity index (χ1n) is 10.7. The normalized spacial score (nSPS) is 10.9. The van der Waals surface area contributed by atoms with E-state index in [0.717, 1.165) is 4.31 Å². The molecule has 0 spiro atoms. The average molecular weight is 535 g/mol. The van der Waals surface area contributed by atoms with Crippen LogP contribution in [0.15, 0.2) is 65.6 Å². The molecule has 0 bridgehead atoms. The van der Waals surface area contributed by atoms with Crippen LogP contribution >= 0.6 is 11.6 Å². The van der Waals surface area contributed by atoms with Gasteiger partial charge in [0.2, 0.25) is 11.7 Å². The van der Waals surface area contributed by atoms with Gasteiger partial charge in [0.05, 0.1) is 39.0 Å². The summed E-state index contributed by atoms with van der Waals surface area (Å²) in [5, 5.41) is 3.03. The number of rotatable bonds is 11. The highest BCUT2D eigenvalue weighted by Gasteiger charge is 2.30. The largest absolute Gasteiger partial charge is 0.495 e. The number of benzene rings is 3. The van der Waals surface area contributed by atoms with Gasteiger partial charge < -0.3 is 24.3 Å². The molecule has 9 nitrogen and oxygen atoms in total. The van der Waals surface area contributed by atoms with E-state index in [2.05, 4.69) is 5.32 Å². The molecule has 3 aromatic rings. The quantitative estimate of drug-likeness (QED) is 0.398. The van der Waals surface area contributed by atoms with Gasteiger partial charge in [-0.2, -0.15) is 0 Å². The average Bonchev–Trinajstić information content (AvgIpc) is 2.90. The molecule has 0 unspecified atom stereocenters. The van der Waals surface area contributed by atoms with E-state index in [-0.39, 0.29) is 27.9 Å². The maximum absolute atomic E-state index is 13.6. The van der Waals surface area contributed by atoms with E-state index in [1.165, 1.54) is 52.7 Å². The molecular weight excluding hydrogens is 508 g/mol. The zero-order valence-corrected chi connectivity index (χ0v) is 21.9.